The van der Waals surface area contributed by atoms with Crippen molar-refractivity contribution in [3.8, 4) is 0 Å². The molecule has 0 atom stereocenters. The molecule has 0 aliphatic heterocycles. The third kappa shape index (κ3) is 2.82. The molecule has 19 heavy (non-hydrogen) atoms. The molecule has 1 fully saturated rings. The largest absolute Gasteiger partial charge is 0.478 e. The van der Waals surface area contributed by atoms with E-state index in [1.807, 2.05) is 0 Å². The van der Waals surface area contributed by atoms with Crippen molar-refractivity contribution in [3.05, 3.63) is 33.9 Å². The van der Waals surface area contributed by atoms with E-state index in [0.717, 1.165) is 12.5 Å². The van der Waals surface area contributed by atoms with Gasteiger partial charge in [-0.2, -0.15) is 0 Å². The molecule has 0 unspecified atom stereocenters. The number of aromatic carboxylic acids is 1. The van der Waals surface area contributed by atoms with Crippen LogP contribution in [0.25, 0.3) is 0 Å². The minimum atomic E-state index is -1.22. The summed E-state index contributed by atoms with van der Waals surface area (Å²) < 4.78 is 0. The lowest BCUT2D eigenvalue weighted by Crippen LogP contribution is -2.43. The highest BCUT2D eigenvalue weighted by molar-refractivity contribution is 5.89. The summed E-state index contributed by atoms with van der Waals surface area (Å²) in [5.74, 6) is -1.22. The third-order valence-electron chi connectivity index (χ3n) is 3.33. The first kappa shape index (κ1) is 13.3. The average Bonchev–Trinajstić information content (AvgIpc) is 2.33. The summed E-state index contributed by atoms with van der Waals surface area (Å²) in [4.78, 5) is 21.1. The van der Waals surface area contributed by atoms with E-state index in [2.05, 4.69) is 5.32 Å². The zero-order valence-corrected chi connectivity index (χ0v) is 10.1. The van der Waals surface area contributed by atoms with Gasteiger partial charge in [0.25, 0.3) is 5.69 Å². The van der Waals surface area contributed by atoms with Gasteiger partial charge in [-0.1, -0.05) is 0 Å². The Labute approximate surface area is 109 Å². The van der Waals surface area contributed by atoms with Crippen molar-refractivity contribution in [2.24, 2.45) is 0 Å². The summed E-state index contributed by atoms with van der Waals surface area (Å²) in [5.41, 5.74) is -1.03. The fourth-order valence-electron chi connectivity index (χ4n) is 1.99. The molecule has 102 valence electrons. The Morgan fingerprint density at radius 1 is 1.47 bits per heavy atom. The van der Waals surface area contributed by atoms with Gasteiger partial charge in [0.05, 0.1) is 16.1 Å². The number of carbonyl (C=O) groups is 1. The molecule has 1 aliphatic carbocycles. The quantitative estimate of drug-likeness (QED) is 0.551. The number of nitro groups is 1. The van der Waals surface area contributed by atoms with Crippen molar-refractivity contribution in [2.75, 3.05) is 11.9 Å². The molecule has 1 aromatic rings. The number of hydrogen-bond acceptors (Lipinski definition) is 5. The molecule has 0 spiro atoms. The molecule has 0 saturated heterocycles. The van der Waals surface area contributed by atoms with Gasteiger partial charge in [-0.3, -0.25) is 10.1 Å². The number of rotatable bonds is 5. The van der Waals surface area contributed by atoms with E-state index in [1.165, 1.54) is 12.1 Å². The van der Waals surface area contributed by atoms with Crippen molar-refractivity contribution in [2.45, 2.75) is 24.9 Å². The summed E-state index contributed by atoms with van der Waals surface area (Å²) in [7, 11) is 0. The van der Waals surface area contributed by atoms with Crippen LogP contribution in [0.3, 0.4) is 0 Å². The Bertz CT molecular complexity index is 525. The normalized spacial score (nSPS) is 16.5. The fourth-order valence-corrected chi connectivity index (χ4v) is 1.99. The number of benzene rings is 1. The first-order valence-corrected chi connectivity index (χ1v) is 5.89. The van der Waals surface area contributed by atoms with Crippen molar-refractivity contribution < 1.29 is 19.9 Å². The highest BCUT2D eigenvalue weighted by Crippen LogP contribution is 2.33. The van der Waals surface area contributed by atoms with E-state index in [0.29, 0.717) is 12.8 Å². The van der Waals surface area contributed by atoms with Crippen molar-refractivity contribution in [1.82, 2.24) is 0 Å². The molecule has 7 nitrogen and oxygen atoms in total. The number of nitrogens with zero attached hydrogens (tertiary/aromatic N) is 1. The van der Waals surface area contributed by atoms with Crippen LogP contribution in [-0.4, -0.2) is 33.3 Å². The summed E-state index contributed by atoms with van der Waals surface area (Å²) >= 11 is 0. The molecular weight excluding hydrogens is 252 g/mol. The highest BCUT2D eigenvalue weighted by atomic mass is 16.6. The highest BCUT2D eigenvalue weighted by Gasteiger charge is 2.34. The predicted molar refractivity (Wildman–Crippen MR) is 67.3 cm³/mol. The van der Waals surface area contributed by atoms with Crippen LogP contribution < -0.4 is 5.32 Å². The predicted octanol–water partition coefficient (Wildman–Crippen LogP) is 1.62. The van der Waals surface area contributed by atoms with Crippen LogP contribution in [0.5, 0.6) is 0 Å². The van der Waals surface area contributed by atoms with Crippen LogP contribution in [0.4, 0.5) is 11.4 Å². The van der Waals surface area contributed by atoms with Crippen LogP contribution in [0, 0.1) is 10.1 Å². The van der Waals surface area contributed by atoms with Gasteiger partial charge in [-0.05, 0) is 31.4 Å². The van der Waals surface area contributed by atoms with Gasteiger partial charge in [0, 0.05) is 12.6 Å². The maximum absolute atomic E-state index is 10.9. The lowest BCUT2D eigenvalue weighted by molar-refractivity contribution is -0.384. The molecule has 0 heterocycles. The zero-order valence-electron chi connectivity index (χ0n) is 10.1. The number of hydrogen-bond donors (Lipinski definition) is 3. The average molecular weight is 266 g/mol. The minimum Gasteiger partial charge on any atom is -0.478 e. The molecular formula is C12H14N2O5. The van der Waals surface area contributed by atoms with Gasteiger partial charge >= 0.3 is 5.97 Å². The number of aliphatic hydroxyl groups is 1. The van der Waals surface area contributed by atoms with Crippen LogP contribution in [-0.2, 0) is 0 Å². The second-order valence-corrected chi connectivity index (χ2v) is 4.73. The number of anilines is 1. The smallest absolute Gasteiger partial charge is 0.335 e. The first-order chi connectivity index (χ1) is 8.91. The van der Waals surface area contributed by atoms with E-state index in [1.54, 1.807) is 0 Å². The lowest BCUT2D eigenvalue weighted by Gasteiger charge is -2.36. The topological polar surface area (TPSA) is 113 Å². The second kappa shape index (κ2) is 4.85. The summed E-state index contributed by atoms with van der Waals surface area (Å²) in [6.45, 7) is 0.222. The van der Waals surface area contributed by atoms with Crippen LogP contribution in [0.15, 0.2) is 18.2 Å². The van der Waals surface area contributed by atoms with Gasteiger partial charge < -0.3 is 15.5 Å². The van der Waals surface area contributed by atoms with Crippen LogP contribution >= 0.6 is 0 Å². The van der Waals surface area contributed by atoms with Gasteiger partial charge in [0.15, 0.2) is 0 Å². The second-order valence-electron chi connectivity index (χ2n) is 4.73. The minimum absolute atomic E-state index is 0.139. The molecule has 0 aromatic heterocycles. The Balaban J connectivity index is 2.19. The molecule has 7 heteroatoms. The van der Waals surface area contributed by atoms with E-state index in [4.69, 9.17) is 5.11 Å². The van der Waals surface area contributed by atoms with Crippen LogP contribution in [0.2, 0.25) is 0 Å². The monoisotopic (exact) mass is 266 g/mol. The molecule has 1 saturated carbocycles. The lowest BCUT2D eigenvalue weighted by atomic mass is 9.80. The Morgan fingerprint density at radius 3 is 2.63 bits per heavy atom. The maximum Gasteiger partial charge on any atom is 0.335 e. The fraction of sp³-hybridized carbons (Fsp3) is 0.417. The number of nitro benzene ring substituents is 1. The van der Waals surface area contributed by atoms with Gasteiger partial charge in [0.2, 0.25) is 0 Å². The zero-order chi connectivity index (χ0) is 14.0. The number of nitrogens with one attached hydrogen (secondary N) is 1. The van der Waals surface area contributed by atoms with Gasteiger partial charge in [-0.15, -0.1) is 0 Å². The van der Waals surface area contributed by atoms with Crippen molar-refractivity contribution in [1.29, 1.82) is 0 Å². The van der Waals surface area contributed by atoms with Crippen LogP contribution in [0.1, 0.15) is 29.6 Å². The van der Waals surface area contributed by atoms with Gasteiger partial charge in [-0.25, -0.2) is 4.79 Å². The molecule has 3 N–H and O–H groups in total. The van der Waals surface area contributed by atoms with Gasteiger partial charge in [0.1, 0.15) is 5.69 Å². The van der Waals surface area contributed by atoms with Crippen molar-refractivity contribution >= 4 is 17.3 Å². The van der Waals surface area contributed by atoms with E-state index in [9.17, 15) is 20.0 Å². The Morgan fingerprint density at radius 2 is 2.16 bits per heavy atom. The standard InChI is InChI=1S/C12H14N2O5/c15-11(16)8-2-3-9(10(6-8)14(18)19)13-7-12(17)4-1-5-12/h2-3,6,13,17H,1,4-5,7H2,(H,15,16). The molecule has 2 rings (SSSR count). The molecule has 0 amide bonds. The number of carboxylic acids is 1. The third-order valence-corrected chi connectivity index (χ3v) is 3.33. The van der Waals surface area contributed by atoms with E-state index in [-0.39, 0.29) is 23.5 Å². The Hall–Kier alpha value is -2.15. The summed E-state index contributed by atoms with van der Waals surface area (Å²) in [6, 6.07) is 3.65. The van der Waals surface area contributed by atoms with E-state index >= 15 is 0 Å². The molecule has 1 aromatic carbocycles. The molecule has 0 bridgehead atoms. The summed E-state index contributed by atoms with van der Waals surface area (Å²) in [5, 5.41) is 32.5. The number of carboxylic acid groups (broad SMARTS) is 1. The first-order valence-electron chi connectivity index (χ1n) is 5.89. The molecule has 1 aliphatic rings. The van der Waals surface area contributed by atoms with Crippen molar-refractivity contribution in [3.63, 3.8) is 0 Å². The summed E-state index contributed by atoms with van der Waals surface area (Å²) in [6.07, 6.45) is 2.28. The maximum atomic E-state index is 10.9. The Kier molecular flexibility index (Phi) is 3.39. The molecule has 0 radical (unpaired) electrons. The van der Waals surface area contributed by atoms with E-state index < -0.39 is 16.5 Å². The SMILES string of the molecule is O=C(O)c1ccc(NCC2(O)CCC2)c([N+](=O)[O-])c1.